The van der Waals surface area contributed by atoms with Gasteiger partial charge in [0.1, 0.15) is 0 Å². The molecule has 162 valence electrons. The number of urea groups is 1. The van der Waals surface area contributed by atoms with Crippen LogP contribution in [0.2, 0.25) is 5.02 Å². The average Bonchev–Trinajstić information content (AvgIpc) is 2.82. The number of halogens is 1. The highest BCUT2D eigenvalue weighted by Gasteiger charge is 2.10. The van der Waals surface area contributed by atoms with Crippen molar-refractivity contribution in [1.82, 2.24) is 4.98 Å². The van der Waals surface area contributed by atoms with E-state index in [9.17, 15) is 4.79 Å². The number of para-hydroxylation sites is 1. The lowest BCUT2D eigenvalue weighted by molar-refractivity contribution is 0.262. The predicted molar refractivity (Wildman–Crippen MR) is 138 cm³/mol. The molecule has 0 aliphatic carbocycles. The molecule has 0 unspecified atom stereocenters. The molecular formula is C27H21ClN4O. The van der Waals surface area contributed by atoms with Crippen LogP contribution in [0.5, 0.6) is 0 Å². The Morgan fingerprint density at radius 3 is 2.06 bits per heavy atom. The average molecular weight is 453 g/mol. The highest BCUT2D eigenvalue weighted by molar-refractivity contribution is 6.31. The van der Waals surface area contributed by atoms with E-state index in [1.807, 2.05) is 97.9 Å². The van der Waals surface area contributed by atoms with Crippen LogP contribution in [-0.2, 0) is 0 Å². The number of nitrogens with zero attached hydrogens (tertiary/aromatic N) is 1. The molecule has 0 fully saturated rings. The summed E-state index contributed by atoms with van der Waals surface area (Å²) in [7, 11) is 0. The zero-order chi connectivity index (χ0) is 22.8. The SMILES string of the molecule is Cc1ccc(NC(=O)Nc2ccc(Nc3c4ccccc4nc4ccc(Cl)cc34)cc2)cc1. The largest absolute Gasteiger partial charge is 0.354 e. The first-order chi connectivity index (χ1) is 16.0. The van der Waals surface area contributed by atoms with Gasteiger partial charge in [0.2, 0.25) is 0 Å². The molecule has 1 heterocycles. The summed E-state index contributed by atoms with van der Waals surface area (Å²) in [5, 5.41) is 11.8. The fraction of sp³-hybridized carbons (Fsp3) is 0.0370. The third kappa shape index (κ3) is 4.59. The molecule has 1 aromatic heterocycles. The van der Waals surface area contributed by atoms with E-state index in [4.69, 9.17) is 16.6 Å². The van der Waals surface area contributed by atoms with E-state index >= 15 is 0 Å². The van der Waals surface area contributed by atoms with Gasteiger partial charge in [0, 0.05) is 32.9 Å². The van der Waals surface area contributed by atoms with Gasteiger partial charge in [-0.15, -0.1) is 0 Å². The van der Waals surface area contributed by atoms with Crippen molar-refractivity contribution in [1.29, 1.82) is 0 Å². The zero-order valence-corrected chi connectivity index (χ0v) is 18.6. The van der Waals surface area contributed by atoms with Crippen LogP contribution in [0, 0.1) is 6.92 Å². The van der Waals surface area contributed by atoms with Crippen molar-refractivity contribution in [3.05, 3.63) is 102 Å². The van der Waals surface area contributed by atoms with Gasteiger partial charge in [-0.05, 0) is 67.6 Å². The van der Waals surface area contributed by atoms with Crippen LogP contribution < -0.4 is 16.0 Å². The first kappa shape index (κ1) is 20.8. The van der Waals surface area contributed by atoms with Crippen molar-refractivity contribution >= 4 is 62.2 Å². The standard InChI is InChI=1S/C27H21ClN4O/c1-17-6-9-20(10-7-17)30-27(33)31-21-13-11-19(12-14-21)29-26-22-4-2-3-5-24(22)32-25-15-8-18(28)16-23(25)26/h2-16H,1H3,(H,29,32)(H2,30,31,33). The van der Waals surface area contributed by atoms with E-state index in [1.165, 1.54) is 0 Å². The third-order valence-electron chi connectivity index (χ3n) is 5.36. The number of anilines is 4. The molecule has 0 saturated heterocycles. The molecule has 0 atom stereocenters. The number of rotatable bonds is 4. The molecule has 0 saturated carbocycles. The Labute approximate surface area is 196 Å². The molecule has 0 aliphatic heterocycles. The number of carbonyl (C=O) groups excluding carboxylic acids is 1. The van der Waals surface area contributed by atoms with Gasteiger partial charge in [-0.25, -0.2) is 9.78 Å². The van der Waals surface area contributed by atoms with Crippen LogP contribution in [-0.4, -0.2) is 11.0 Å². The molecule has 5 rings (SSSR count). The second-order valence-corrected chi connectivity index (χ2v) is 8.25. The minimum absolute atomic E-state index is 0.291. The van der Waals surface area contributed by atoms with E-state index < -0.39 is 0 Å². The van der Waals surface area contributed by atoms with Crippen molar-refractivity contribution < 1.29 is 4.79 Å². The Morgan fingerprint density at radius 1 is 0.727 bits per heavy atom. The normalized spacial score (nSPS) is 10.8. The number of fused-ring (bicyclic) bond motifs is 2. The molecule has 2 amide bonds. The van der Waals surface area contributed by atoms with Crippen molar-refractivity contribution in [3.63, 3.8) is 0 Å². The molecule has 0 bridgehead atoms. The topological polar surface area (TPSA) is 66.1 Å². The molecule has 4 aromatic carbocycles. The second-order valence-electron chi connectivity index (χ2n) is 7.81. The molecule has 6 heteroatoms. The lowest BCUT2D eigenvalue weighted by Gasteiger charge is -2.14. The van der Waals surface area contributed by atoms with Gasteiger partial charge in [-0.3, -0.25) is 0 Å². The molecule has 5 aromatic rings. The Morgan fingerprint density at radius 2 is 1.33 bits per heavy atom. The van der Waals surface area contributed by atoms with Crippen molar-refractivity contribution in [3.8, 4) is 0 Å². The quantitative estimate of drug-likeness (QED) is 0.244. The Hall–Kier alpha value is -4.09. The molecule has 3 N–H and O–H groups in total. The van der Waals surface area contributed by atoms with Crippen LogP contribution in [0.1, 0.15) is 5.56 Å². The number of amides is 2. The molecule has 5 nitrogen and oxygen atoms in total. The van der Waals surface area contributed by atoms with Crippen molar-refractivity contribution in [2.75, 3.05) is 16.0 Å². The van der Waals surface area contributed by atoms with Gasteiger partial charge >= 0.3 is 6.03 Å². The summed E-state index contributed by atoms with van der Waals surface area (Å²) in [5.74, 6) is 0. The van der Waals surface area contributed by atoms with E-state index in [-0.39, 0.29) is 6.03 Å². The summed E-state index contributed by atoms with van der Waals surface area (Å²) in [6, 6.07) is 28.6. The number of nitrogens with one attached hydrogen (secondary N) is 3. The number of aromatic nitrogens is 1. The summed E-state index contributed by atoms with van der Waals surface area (Å²) < 4.78 is 0. The predicted octanol–water partition coefficient (Wildman–Crippen LogP) is 7.74. The van der Waals surface area contributed by atoms with Crippen LogP contribution >= 0.6 is 11.6 Å². The number of pyridine rings is 1. The Bertz CT molecular complexity index is 1460. The monoisotopic (exact) mass is 452 g/mol. The number of carbonyl (C=O) groups is 1. The van der Waals surface area contributed by atoms with Gasteiger partial charge < -0.3 is 16.0 Å². The smallest absolute Gasteiger partial charge is 0.323 e. The van der Waals surface area contributed by atoms with Gasteiger partial charge in [-0.2, -0.15) is 0 Å². The van der Waals surface area contributed by atoms with E-state index in [1.54, 1.807) is 0 Å². The van der Waals surface area contributed by atoms with Crippen molar-refractivity contribution in [2.45, 2.75) is 6.92 Å². The Kier molecular flexibility index (Phi) is 5.55. The van der Waals surface area contributed by atoms with Crippen LogP contribution in [0.25, 0.3) is 21.8 Å². The number of hydrogen-bond acceptors (Lipinski definition) is 3. The van der Waals surface area contributed by atoms with Gasteiger partial charge in [-0.1, -0.05) is 47.5 Å². The molecular weight excluding hydrogens is 432 g/mol. The summed E-state index contributed by atoms with van der Waals surface area (Å²) in [5.41, 5.74) is 6.17. The van der Waals surface area contributed by atoms with Gasteiger partial charge in [0.05, 0.1) is 16.7 Å². The van der Waals surface area contributed by atoms with Crippen LogP contribution in [0.15, 0.2) is 91.0 Å². The lowest BCUT2D eigenvalue weighted by Crippen LogP contribution is -2.19. The Balaban J connectivity index is 1.38. The summed E-state index contributed by atoms with van der Waals surface area (Å²) in [6.07, 6.45) is 0. The van der Waals surface area contributed by atoms with E-state index in [0.29, 0.717) is 10.7 Å². The maximum atomic E-state index is 12.3. The maximum Gasteiger partial charge on any atom is 0.323 e. The fourth-order valence-electron chi connectivity index (χ4n) is 3.71. The number of aryl methyl sites for hydroxylation is 1. The summed E-state index contributed by atoms with van der Waals surface area (Å²) >= 11 is 6.28. The lowest BCUT2D eigenvalue weighted by atomic mass is 10.1. The first-order valence-electron chi connectivity index (χ1n) is 10.5. The zero-order valence-electron chi connectivity index (χ0n) is 17.9. The van der Waals surface area contributed by atoms with Gasteiger partial charge in [0.25, 0.3) is 0 Å². The van der Waals surface area contributed by atoms with E-state index in [2.05, 4.69) is 16.0 Å². The minimum atomic E-state index is -0.291. The summed E-state index contributed by atoms with van der Waals surface area (Å²) in [4.78, 5) is 17.1. The van der Waals surface area contributed by atoms with Gasteiger partial charge in [0.15, 0.2) is 0 Å². The first-order valence-corrected chi connectivity index (χ1v) is 10.9. The fourth-order valence-corrected chi connectivity index (χ4v) is 3.88. The highest BCUT2D eigenvalue weighted by Crippen LogP contribution is 2.34. The second kappa shape index (κ2) is 8.81. The molecule has 0 radical (unpaired) electrons. The number of hydrogen-bond donors (Lipinski definition) is 3. The molecule has 0 spiro atoms. The van der Waals surface area contributed by atoms with Crippen molar-refractivity contribution in [2.24, 2.45) is 0 Å². The minimum Gasteiger partial charge on any atom is -0.354 e. The molecule has 0 aliphatic rings. The maximum absolute atomic E-state index is 12.3. The van der Waals surface area contributed by atoms with Crippen LogP contribution in [0.3, 0.4) is 0 Å². The van der Waals surface area contributed by atoms with E-state index in [0.717, 1.165) is 44.4 Å². The highest BCUT2D eigenvalue weighted by atomic mass is 35.5. The van der Waals surface area contributed by atoms with Crippen LogP contribution in [0.4, 0.5) is 27.5 Å². The summed E-state index contributed by atoms with van der Waals surface area (Å²) in [6.45, 7) is 2.01. The molecule has 33 heavy (non-hydrogen) atoms. The number of benzene rings is 4. The third-order valence-corrected chi connectivity index (χ3v) is 5.60.